The molecule has 28 heavy (non-hydrogen) atoms. The van der Waals surface area contributed by atoms with Crippen molar-refractivity contribution in [2.24, 2.45) is 4.99 Å². The van der Waals surface area contributed by atoms with Gasteiger partial charge in [-0.3, -0.25) is 9.79 Å². The highest BCUT2D eigenvalue weighted by Crippen LogP contribution is 2.29. The summed E-state index contributed by atoms with van der Waals surface area (Å²) in [5.41, 5.74) is 3.00. The van der Waals surface area contributed by atoms with Gasteiger partial charge in [0.2, 0.25) is 5.91 Å². The van der Waals surface area contributed by atoms with Crippen LogP contribution in [0.4, 0.5) is 11.4 Å². The number of aliphatic imine (C=N–C) groups is 1. The lowest BCUT2D eigenvalue weighted by molar-refractivity contribution is -0.117. The Morgan fingerprint density at radius 1 is 1.14 bits per heavy atom. The lowest BCUT2D eigenvalue weighted by Crippen LogP contribution is -2.44. The molecule has 0 saturated heterocycles. The number of ether oxygens (including phenoxy) is 2. The zero-order valence-electron chi connectivity index (χ0n) is 16.5. The van der Waals surface area contributed by atoms with Crippen LogP contribution in [0.3, 0.4) is 0 Å². The number of carbonyl (C=O) groups excluding carboxylic acids is 1. The van der Waals surface area contributed by atoms with Crippen molar-refractivity contribution in [3.8, 4) is 11.5 Å². The van der Waals surface area contributed by atoms with Crippen LogP contribution in [0.15, 0.2) is 47.5 Å². The summed E-state index contributed by atoms with van der Waals surface area (Å²) in [6.07, 6.45) is 1.98. The molecule has 2 N–H and O–H groups in total. The third-order valence-electron chi connectivity index (χ3n) is 4.69. The van der Waals surface area contributed by atoms with Gasteiger partial charge in [-0.25, -0.2) is 0 Å². The van der Waals surface area contributed by atoms with Gasteiger partial charge in [0.1, 0.15) is 0 Å². The first kappa shape index (κ1) is 19.5. The van der Waals surface area contributed by atoms with Gasteiger partial charge in [0.25, 0.3) is 0 Å². The minimum atomic E-state index is 0.0161. The third-order valence-corrected chi connectivity index (χ3v) is 4.69. The number of hydrogen-bond acceptors (Lipinski definition) is 4. The molecule has 2 aromatic rings. The molecular formula is C21H26N4O3. The quantitative estimate of drug-likeness (QED) is 0.614. The number of rotatable bonds is 5. The van der Waals surface area contributed by atoms with Crippen LogP contribution in [0.5, 0.6) is 11.5 Å². The minimum Gasteiger partial charge on any atom is -0.493 e. The van der Waals surface area contributed by atoms with Gasteiger partial charge in [0.05, 0.1) is 20.8 Å². The Bertz CT molecular complexity index is 866. The van der Waals surface area contributed by atoms with Gasteiger partial charge >= 0.3 is 0 Å². The van der Waals surface area contributed by atoms with E-state index in [1.54, 1.807) is 21.3 Å². The van der Waals surface area contributed by atoms with Crippen LogP contribution in [0.1, 0.15) is 12.0 Å². The Morgan fingerprint density at radius 2 is 1.93 bits per heavy atom. The predicted molar refractivity (Wildman–Crippen MR) is 112 cm³/mol. The van der Waals surface area contributed by atoms with Crippen molar-refractivity contribution in [1.82, 2.24) is 5.32 Å². The van der Waals surface area contributed by atoms with Crippen LogP contribution in [-0.4, -0.2) is 46.2 Å². The maximum Gasteiger partial charge on any atom is 0.246 e. The molecule has 0 fully saturated rings. The lowest BCUT2D eigenvalue weighted by atomic mass is 10.0. The van der Waals surface area contributed by atoms with Crippen LogP contribution < -0.4 is 25.0 Å². The second kappa shape index (κ2) is 9.12. The van der Waals surface area contributed by atoms with Crippen LogP contribution in [0, 0.1) is 0 Å². The van der Waals surface area contributed by atoms with Gasteiger partial charge in [-0.1, -0.05) is 18.2 Å². The molecule has 1 aliphatic heterocycles. The van der Waals surface area contributed by atoms with Crippen LogP contribution in [0.2, 0.25) is 0 Å². The van der Waals surface area contributed by atoms with Crippen LogP contribution >= 0.6 is 0 Å². The fourth-order valence-corrected chi connectivity index (χ4v) is 3.28. The predicted octanol–water partition coefficient (Wildman–Crippen LogP) is 2.67. The second-order valence-corrected chi connectivity index (χ2v) is 6.40. The molecule has 0 spiro atoms. The Hall–Kier alpha value is -3.22. The number of para-hydroxylation sites is 1. The highest BCUT2D eigenvalue weighted by molar-refractivity contribution is 6.00. The molecule has 7 heteroatoms. The fourth-order valence-electron chi connectivity index (χ4n) is 3.28. The standard InChI is InChI=1S/C21H26N4O3/c1-22-21(24-16-10-11-18(27-2)19(13-16)28-3)23-14-20(26)25-12-6-8-15-7-4-5-9-17(15)25/h4-5,7,9-11,13H,6,8,12,14H2,1-3H3,(H2,22,23,24). The molecule has 0 unspecified atom stereocenters. The van der Waals surface area contributed by atoms with E-state index in [4.69, 9.17) is 9.47 Å². The molecule has 148 valence electrons. The number of carbonyl (C=O) groups is 1. The number of benzene rings is 2. The topological polar surface area (TPSA) is 75.2 Å². The second-order valence-electron chi connectivity index (χ2n) is 6.40. The number of nitrogens with one attached hydrogen (secondary N) is 2. The smallest absolute Gasteiger partial charge is 0.246 e. The summed E-state index contributed by atoms with van der Waals surface area (Å²) in [5.74, 6) is 1.78. The summed E-state index contributed by atoms with van der Waals surface area (Å²) < 4.78 is 10.6. The Morgan fingerprint density at radius 3 is 2.68 bits per heavy atom. The van der Waals surface area contributed by atoms with Crippen molar-refractivity contribution in [2.75, 3.05) is 44.6 Å². The summed E-state index contributed by atoms with van der Waals surface area (Å²) in [4.78, 5) is 18.8. The van der Waals surface area contributed by atoms with E-state index in [9.17, 15) is 4.79 Å². The van der Waals surface area contributed by atoms with E-state index in [0.29, 0.717) is 17.5 Å². The highest BCUT2D eigenvalue weighted by atomic mass is 16.5. The zero-order chi connectivity index (χ0) is 19.9. The molecule has 0 bridgehead atoms. The largest absolute Gasteiger partial charge is 0.493 e. The Balaban J connectivity index is 1.63. The number of guanidine groups is 1. The number of nitrogens with zero attached hydrogens (tertiary/aromatic N) is 2. The highest BCUT2D eigenvalue weighted by Gasteiger charge is 2.22. The summed E-state index contributed by atoms with van der Waals surface area (Å²) >= 11 is 0. The lowest BCUT2D eigenvalue weighted by Gasteiger charge is -2.29. The summed E-state index contributed by atoms with van der Waals surface area (Å²) in [6.45, 7) is 0.889. The van der Waals surface area contributed by atoms with Crippen LogP contribution in [-0.2, 0) is 11.2 Å². The van der Waals surface area contributed by atoms with Gasteiger partial charge in [-0.15, -0.1) is 0 Å². The number of hydrogen-bond donors (Lipinski definition) is 2. The van der Waals surface area contributed by atoms with E-state index in [2.05, 4.69) is 21.7 Å². The summed E-state index contributed by atoms with van der Waals surface area (Å²) in [6, 6.07) is 13.5. The average molecular weight is 382 g/mol. The Kier molecular flexibility index (Phi) is 6.37. The van der Waals surface area contributed by atoms with Gasteiger partial charge in [-0.05, 0) is 36.6 Å². The van der Waals surface area contributed by atoms with Crippen molar-refractivity contribution in [3.63, 3.8) is 0 Å². The number of methoxy groups -OCH3 is 2. The van der Waals surface area contributed by atoms with E-state index in [-0.39, 0.29) is 12.5 Å². The zero-order valence-corrected chi connectivity index (χ0v) is 16.5. The van der Waals surface area contributed by atoms with Gasteiger partial charge in [-0.2, -0.15) is 0 Å². The summed E-state index contributed by atoms with van der Waals surface area (Å²) in [5, 5.41) is 6.25. The maximum absolute atomic E-state index is 12.8. The first-order valence-electron chi connectivity index (χ1n) is 9.24. The van der Waals surface area contributed by atoms with Crippen molar-refractivity contribution in [2.45, 2.75) is 12.8 Å². The van der Waals surface area contributed by atoms with E-state index < -0.39 is 0 Å². The fraction of sp³-hybridized carbons (Fsp3) is 0.333. The summed E-state index contributed by atoms with van der Waals surface area (Å²) in [7, 11) is 4.84. The number of amides is 1. The van der Waals surface area contributed by atoms with Crippen LogP contribution in [0.25, 0.3) is 0 Å². The monoisotopic (exact) mass is 382 g/mol. The first-order valence-corrected chi connectivity index (χ1v) is 9.24. The van der Waals surface area contributed by atoms with Crippen molar-refractivity contribution in [1.29, 1.82) is 0 Å². The molecule has 0 atom stereocenters. The molecular weight excluding hydrogens is 356 g/mol. The number of anilines is 2. The molecule has 0 aromatic heterocycles. The number of aryl methyl sites for hydroxylation is 1. The molecule has 0 saturated carbocycles. The van der Waals surface area contributed by atoms with Crippen molar-refractivity contribution >= 4 is 23.2 Å². The molecule has 1 amide bonds. The van der Waals surface area contributed by atoms with Crippen molar-refractivity contribution in [3.05, 3.63) is 48.0 Å². The average Bonchev–Trinajstić information content (AvgIpc) is 2.75. The number of fused-ring (bicyclic) bond motifs is 1. The maximum atomic E-state index is 12.8. The van der Waals surface area contributed by atoms with Gasteiger partial charge < -0.3 is 25.0 Å². The van der Waals surface area contributed by atoms with Gasteiger partial charge in [0.15, 0.2) is 17.5 Å². The Labute approximate surface area is 165 Å². The molecule has 7 nitrogen and oxygen atoms in total. The van der Waals surface area contributed by atoms with E-state index in [1.165, 1.54) is 5.56 Å². The van der Waals surface area contributed by atoms with E-state index in [1.807, 2.05) is 41.3 Å². The van der Waals surface area contributed by atoms with E-state index >= 15 is 0 Å². The SMILES string of the molecule is CN=C(NCC(=O)N1CCCc2ccccc21)Nc1ccc(OC)c(OC)c1. The molecule has 0 aliphatic carbocycles. The van der Waals surface area contributed by atoms with Crippen molar-refractivity contribution < 1.29 is 14.3 Å². The molecule has 1 heterocycles. The molecule has 3 rings (SSSR count). The van der Waals surface area contributed by atoms with E-state index in [0.717, 1.165) is 30.8 Å². The molecule has 0 radical (unpaired) electrons. The van der Waals surface area contributed by atoms with Gasteiger partial charge in [0, 0.05) is 31.0 Å². The molecule has 1 aliphatic rings. The molecule has 2 aromatic carbocycles. The normalized spacial score (nSPS) is 13.5. The minimum absolute atomic E-state index is 0.0161. The third kappa shape index (κ3) is 4.36. The first-order chi connectivity index (χ1) is 13.7.